The number of carbonyl (C=O) groups excluding carboxylic acids is 1. The molecule has 0 bridgehead atoms. The van der Waals surface area contributed by atoms with Crippen LogP contribution < -0.4 is 5.73 Å². The monoisotopic (exact) mass is 270 g/mol. The molecule has 1 aliphatic rings. The van der Waals surface area contributed by atoms with Crippen molar-refractivity contribution in [2.24, 2.45) is 17.1 Å². The van der Waals surface area contributed by atoms with Crippen LogP contribution in [0.3, 0.4) is 0 Å². The van der Waals surface area contributed by atoms with Gasteiger partial charge in [-0.25, -0.2) is 0 Å². The Morgan fingerprint density at radius 3 is 2.58 bits per heavy atom. The molecule has 19 heavy (non-hydrogen) atoms. The first-order valence-corrected chi connectivity index (χ1v) is 7.32. The second-order valence-corrected chi connectivity index (χ2v) is 6.83. The van der Waals surface area contributed by atoms with Crippen LogP contribution in [0.1, 0.15) is 47.0 Å². The van der Waals surface area contributed by atoms with Gasteiger partial charge in [-0.3, -0.25) is 4.79 Å². The SMILES string of the molecule is COC1CCN(C(=O)CC(C)C(C)(C)C)C(CN)C1. The summed E-state index contributed by atoms with van der Waals surface area (Å²) in [4.78, 5) is 14.4. The van der Waals surface area contributed by atoms with Crippen LogP contribution in [-0.4, -0.2) is 43.2 Å². The summed E-state index contributed by atoms with van der Waals surface area (Å²) >= 11 is 0. The molecule has 0 aromatic carbocycles. The van der Waals surface area contributed by atoms with E-state index < -0.39 is 0 Å². The van der Waals surface area contributed by atoms with Crippen molar-refractivity contribution in [3.8, 4) is 0 Å². The fraction of sp³-hybridized carbons (Fsp3) is 0.933. The van der Waals surface area contributed by atoms with Crippen LogP contribution in [0.2, 0.25) is 0 Å². The zero-order valence-electron chi connectivity index (χ0n) is 13.1. The number of carbonyl (C=O) groups is 1. The summed E-state index contributed by atoms with van der Waals surface area (Å²) in [5.41, 5.74) is 5.98. The first kappa shape index (κ1) is 16.4. The van der Waals surface area contributed by atoms with Crippen molar-refractivity contribution in [1.29, 1.82) is 0 Å². The summed E-state index contributed by atoms with van der Waals surface area (Å²) in [7, 11) is 1.73. The van der Waals surface area contributed by atoms with Gasteiger partial charge >= 0.3 is 0 Å². The molecule has 1 aliphatic heterocycles. The Balaban J connectivity index is 2.61. The van der Waals surface area contributed by atoms with E-state index >= 15 is 0 Å². The van der Waals surface area contributed by atoms with Crippen molar-refractivity contribution < 1.29 is 9.53 Å². The number of nitrogens with two attached hydrogens (primary N) is 1. The third kappa shape index (κ3) is 4.46. The second-order valence-electron chi connectivity index (χ2n) is 6.83. The van der Waals surface area contributed by atoms with Gasteiger partial charge in [0.2, 0.25) is 5.91 Å². The fourth-order valence-corrected chi connectivity index (χ4v) is 2.47. The van der Waals surface area contributed by atoms with E-state index in [4.69, 9.17) is 10.5 Å². The van der Waals surface area contributed by atoms with Gasteiger partial charge < -0.3 is 15.4 Å². The summed E-state index contributed by atoms with van der Waals surface area (Å²) in [5, 5.41) is 0. The maximum atomic E-state index is 12.4. The first-order valence-electron chi connectivity index (χ1n) is 7.32. The van der Waals surface area contributed by atoms with E-state index in [2.05, 4.69) is 27.7 Å². The number of nitrogens with zero attached hydrogens (tertiary/aromatic N) is 1. The Morgan fingerprint density at radius 2 is 2.11 bits per heavy atom. The molecule has 3 atom stereocenters. The van der Waals surface area contributed by atoms with Crippen molar-refractivity contribution in [1.82, 2.24) is 4.90 Å². The number of piperidine rings is 1. The number of hydrogen-bond acceptors (Lipinski definition) is 3. The van der Waals surface area contributed by atoms with Gasteiger partial charge in [0.25, 0.3) is 0 Å². The molecule has 3 unspecified atom stereocenters. The molecule has 4 nitrogen and oxygen atoms in total. The van der Waals surface area contributed by atoms with E-state index in [0.29, 0.717) is 18.9 Å². The van der Waals surface area contributed by atoms with Gasteiger partial charge in [-0.1, -0.05) is 27.7 Å². The van der Waals surface area contributed by atoms with E-state index in [1.165, 1.54) is 0 Å². The summed E-state index contributed by atoms with van der Waals surface area (Å²) in [6.07, 6.45) is 2.64. The Kier molecular flexibility index (Phi) is 5.81. The number of likely N-dealkylation sites (tertiary alicyclic amines) is 1. The summed E-state index contributed by atoms with van der Waals surface area (Å²) < 4.78 is 5.39. The highest BCUT2D eigenvalue weighted by Gasteiger charge is 2.32. The van der Waals surface area contributed by atoms with Gasteiger partial charge in [0.1, 0.15) is 0 Å². The minimum absolute atomic E-state index is 0.137. The molecule has 1 amide bonds. The second kappa shape index (κ2) is 6.71. The lowest BCUT2D eigenvalue weighted by Gasteiger charge is -2.39. The highest BCUT2D eigenvalue weighted by atomic mass is 16.5. The molecule has 1 saturated heterocycles. The molecule has 1 heterocycles. The first-order chi connectivity index (χ1) is 8.79. The normalized spacial score (nSPS) is 26.3. The molecule has 0 aromatic rings. The molecule has 0 aromatic heterocycles. The van der Waals surface area contributed by atoms with Gasteiger partial charge in [-0.2, -0.15) is 0 Å². The van der Waals surface area contributed by atoms with E-state index in [1.54, 1.807) is 7.11 Å². The van der Waals surface area contributed by atoms with Crippen molar-refractivity contribution >= 4 is 5.91 Å². The predicted molar refractivity (Wildman–Crippen MR) is 77.8 cm³/mol. The number of hydrogen-bond donors (Lipinski definition) is 1. The van der Waals surface area contributed by atoms with Gasteiger partial charge in [0.05, 0.1) is 6.10 Å². The third-order valence-electron chi connectivity index (χ3n) is 4.55. The number of amides is 1. The lowest BCUT2D eigenvalue weighted by molar-refractivity contribution is -0.138. The van der Waals surface area contributed by atoms with E-state index in [0.717, 1.165) is 19.4 Å². The molecule has 0 radical (unpaired) electrons. The van der Waals surface area contributed by atoms with Crippen molar-refractivity contribution in [2.75, 3.05) is 20.2 Å². The van der Waals surface area contributed by atoms with Gasteiger partial charge in [0, 0.05) is 32.7 Å². The minimum Gasteiger partial charge on any atom is -0.381 e. The zero-order valence-corrected chi connectivity index (χ0v) is 13.1. The van der Waals surface area contributed by atoms with Crippen LogP contribution >= 0.6 is 0 Å². The molecule has 1 fully saturated rings. The lowest BCUT2D eigenvalue weighted by Crippen LogP contribution is -2.51. The molecule has 0 aliphatic carbocycles. The smallest absolute Gasteiger partial charge is 0.223 e. The summed E-state index contributed by atoms with van der Waals surface area (Å²) in [6.45, 7) is 10.00. The minimum atomic E-state index is 0.137. The third-order valence-corrected chi connectivity index (χ3v) is 4.55. The standard InChI is InChI=1S/C15H30N2O2/c1-11(15(2,3)4)8-14(18)17-7-6-13(19-5)9-12(17)10-16/h11-13H,6-10,16H2,1-5H3. The van der Waals surface area contributed by atoms with Crippen LogP contribution in [0.15, 0.2) is 0 Å². The van der Waals surface area contributed by atoms with Crippen LogP contribution in [0.4, 0.5) is 0 Å². The molecular weight excluding hydrogens is 240 g/mol. The van der Waals surface area contributed by atoms with Gasteiger partial charge in [0.15, 0.2) is 0 Å². The average Bonchev–Trinajstić information content (AvgIpc) is 2.36. The zero-order chi connectivity index (χ0) is 14.6. The predicted octanol–water partition coefficient (Wildman–Crippen LogP) is 2.02. The number of rotatable bonds is 4. The molecule has 1 rings (SSSR count). The maximum Gasteiger partial charge on any atom is 0.223 e. The van der Waals surface area contributed by atoms with Crippen LogP contribution in [0.5, 0.6) is 0 Å². The Hall–Kier alpha value is -0.610. The van der Waals surface area contributed by atoms with Crippen LogP contribution in [-0.2, 0) is 9.53 Å². The highest BCUT2D eigenvalue weighted by Crippen LogP contribution is 2.29. The van der Waals surface area contributed by atoms with Crippen LogP contribution in [0.25, 0.3) is 0 Å². The van der Waals surface area contributed by atoms with Gasteiger partial charge in [-0.15, -0.1) is 0 Å². The Labute approximate surface area is 117 Å². The molecular formula is C15H30N2O2. The van der Waals surface area contributed by atoms with Crippen molar-refractivity contribution in [2.45, 2.75) is 59.1 Å². The largest absolute Gasteiger partial charge is 0.381 e. The van der Waals surface area contributed by atoms with Crippen molar-refractivity contribution in [3.05, 3.63) is 0 Å². The molecule has 2 N–H and O–H groups in total. The van der Waals surface area contributed by atoms with E-state index in [1.807, 2.05) is 4.90 Å². The maximum absolute atomic E-state index is 12.4. The number of methoxy groups -OCH3 is 1. The average molecular weight is 270 g/mol. The van der Waals surface area contributed by atoms with Gasteiger partial charge in [-0.05, 0) is 24.2 Å². The van der Waals surface area contributed by atoms with E-state index in [9.17, 15) is 4.79 Å². The summed E-state index contributed by atoms with van der Waals surface area (Å²) in [6, 6.07) is 0.137. The topological polar surface area (TPSA) is 55.6 Å². The molecule has 0 saturated carbocycles. The quantitative estimate of drug-likeness (QED) is 0.850. The van der Waals surface area contributed by atoms with E-state index in [-0.39, 0.29) is 23.5 Å². The highest BCUT2D eigenvalue weighted by molar-refractivity contribution is 5.77. The van der Waals surface area contributed by atoms with Crippen molar-refractivity contribution in [3.63, 3.8) is 0 Å². The Morgan fingerprint density at radius 1 is 1.47 bits per heavy atom. The molecule has 112 valence electrons. The van der Waals surface area contributed by atoms with Crippen LogP contribution in [0, 0.1) is 11.3 Å². The lowest BCUT2D eigenvalue weighted by atomic mass is 9.79. The number of ether oxygens (including phenoxy) is 1. The fourth-order valence-electron chi connectivity index (χ4n) is 2.47. The molecule has 4 heteroatoms. The molecule has 0 spiro atoms. The Bertz CT molecular complexity index is 299. The summed E-state index contributed by atoms with van der Waals surface area (Å²) in [5.74, 6) is 0.617.